The first kappa shape index (κ1) is 12.3. The van der Waals surface area contributed by atoms with Gasteiger partial charge in [0.1, 0.15) is 17.5 Å². The summed E-state index contributed by atoms with van der Waals surface area (Å²) in [7, 11) is 0. The Balaban J connectivity index is 2.02. The predicted molar refractivity (Wildman–Crippen MR) is 75.8 cm³/mol. The topological polar surface area (TPSA) is 41.6 Å². The summed E-state index contributed by atoms with van der Waals surface area (Å²) in [6.07, 6.45) is 4.45. The number of para-hydroxylation sites is 1. The van der Waals surface area contributed by atoms with E-state index in [2.05, 4.69) is 16.3 Å². The molecule has 1 unspecified atom stereocenters. The highest BCUT2D eigenvalue weighted by molar-refractivity contribution is 6.05. The Bertz CT molecular complexity index is 487. The third-order valence-corrected chi connectivity index (χ3v) is 3.92. The number of nitrogens with one attached hydrogen (secondary N) is 1. The van der Waals surface area contributed by atoms with Crippen LogP contribution in [-0.4, -0.2) is 25.1 Å². The zero-order valence-electron chi connectivity index (χ0n) is 11.3. The van der Waals surface area contributed by atoms with Crippen molar-refractivity contribution in [3.05, 3.63) is 18.2 Å². The summed E-state index contributed by atoms with van der Waals surface area (Å²) in [5, 5.41) is 3.03. The second-order valence-electron chi connectivity index (χ2n) is 5.13. The van der Waals surface area contributed by atoms with Crippen molar-refractivity contribution in [2.75, 3.05) is 23.4 Å². The van der Waals surface area contributed by atoms with Gasteiger partial charge >= 0.3 is 0 Å². The van der Waals surface area contributed by atoms with Crippen LogP contribution >= 0.6 is 0 Å². The Labute approximate surface area is 113 Å². The van der Waals surface area contributed by atoms with Crippen LogP contribution in [-0.2, 0) is 4.79 Å². The van der Waals surface area contributed by atoms with Gasteiger partial charge < -0.3 is 15.0 Å². The molecule has 0 bridgehead atoms. The van der Waals surface area contributed by atoms with E-state index >= 15 is 0 Å². The molecule has 1 saturated heterocycles. The normalized spacial score (nSPS) is 22.1. The summed E-state index contributed by atoms with van der Waals surface area (Å²) in [6.45, 7) is 3.52. The minimum absolute atomic E-state index is 0.00752. The van der Waals surface area contributed by atoms with Crippen molar-refractivity contribution in [3.63, 3.8) is 0 Å². The maximum absolute atomic E-state index is 12.3. The number of carbonyl (C=O) groups is 1. The van der Waals surface area contributed by atoms with Crippen molar-refractivity contribution in [2.45, 2.75) is 38.6 Å². The van der Waals surface area contributed by atoms with Gasteiger partial charge in [-0.2, -0.15) is 0 Å². The number of hydrogen-bond donors (Lipinski definition) is 1. The van der Waals surface area contributed by atoms with E-state index in [0.29, 0.717) is 6.61 Å². The van der Waals surface area contributed by atoms with Crippen LogP contribution in [0.3, 0.4) is 0 Å². The standard InChI is InChI=1S/C15H20N2O2/c1-2-19-13-9-6-8-11-14(13)16-15(18)12-7-4-3-5-10-17(11)12/h6,8-9,12H,2-5,7,10H2,1H3,(H,16,18). The minimum atomic E-state index is -0.00752. The van der Waals surface area contributed by atoms with Crippen LogP contribution in [0.2, 0.25) is 0 Å². The zero-order valence-corrected chi connectivity index (χ0v) is 11.3. The molecule has 1 atom stereocenters. The third kappa shape index (κ3) is 2.15. The molecule has 0 aromatic heterocycles. The van der Waals surface area contributed by atoms with Crippen LogP contribution < -0.4 is 15.0 Å². The van der Waals surface area contributed by atoms with Gasteiger partial charge in [-0.25, -0.2) is 0 Å². The van der Waals surface area contributed by atoms with E-state index in [-0.39, 0.29) is 11.9 Å². The summed E-state index contributed by atoms with van der Waals surface area (Å²) in [4.78, 5) is 14.5. The summed E-state index contributed by atoms with van der Waals surface area (Å²) in [5.41, 5.74) is 1.95. The molecule has 0 spiro atoms. The molecular formula is C15H20N2O2. The van der Waals surface area contributed by atoms with Crippen molar-refractivity contribution in [3.8, 4) is 5.75 Å². The Morgan fingerprint density at radius 2 is 2.26 bits per heavy atom. The lowest BCUT2D eigenvalue weighted by atomic mass is 10.0. The van der Waals surface area contributed by atoms with Gasteiger partial charge in [0, 0.05) is 6.54 Å². The number of ether oxygens (including phenoxy) is 1. The van der Waals surface area contributed by atoms with Gasteiger partial charge in [0.05, 0.1) is 12.3 Å². The predicted octanol–water partition coefficient (Wildman–Crippen LogP) is 2.79. The zero-order chi connectivity index (χ0) is 13.2. The summed E-state index contributed by atoms with van der Waals surface area (Å²) >= 11 is 0. The molecule has 0 saturated carbocycles. The first-order valence-electron chi connectivity index (χ1n) is 7.14. The average Bonchev–Trinajstić information content (AvgIpc) is 2.66. The van der Waals surface area contributed by atoms with E-state index in [1.54, 1.807) is 0 Å². The third-order valence-electron chi connectivity index (χ3n) is 3.92. The average molecular weight is 260 g/mol. The molecule has 19 heavy (non-hydrogen) atoms. The molecule has 3 rings (SSSR count). The first-order valence-corrected chi connectivity index (χ1v) is 7.14. The summed E-state index contributed by atoms with van der Waals surface area (Å²) in [5.74, 6) is 0.887. The van der Waals surface area contributed by atoms with E-state index < -0.39 is 0 Å². The van der Waals surface area contributed by atoms with Crippen LogP contribution in [0.4, 0.5) is 11.4 Å². The second-order valence-corrected chi connectivity index (χ2v) is 5.13. The highest BCUT2D eigenvalue weighted by Gasteiger charge is 2.34. The lowest BCUT2D eigenvalue weighted by molar-refractivity contribution is -0.117. The van der Waals surface area contributed by atoms with Crippen molar-refractivity contribution in [2.24, 2.45) is 0 Å². The van der Waals surface area contributed by atoms with Crippen molar-refractivity contribution >= 4 is 17.3 Å². The maximum atomic E-state index is 12.3. The molecule has 4 heteroatoms. The molecule has 1 fully saturated rings. The van der Waals surface area contributed by atoms with Crippen molar-refractivity contribution in [1.82, 2.24) is 0 Å². The SMILES string of the molecule is CCOc1cccc2c1NC(=O)C1CCCCCN21. The molecule has 2 heterocycles. The quantitative estimate of drug-likeness (QED) is 0.889. The highest BCUT2D eigenvalue weighted by Crippen LogP contribution is 2.41. The van der Waals surface area contributed by atoms with Gasteiger partial charge in [0.2, 0.25) is 5.91 Å². The molecular weight excluding hydrogens is 240 g/mol. The van der Waals surface area contributed by atoms with E-state index in [9.17, 15) is 4.79 Å². The molecule has 1 aromatic rings. The maximum Gasteiger partial charge on any atom is 0.247 e. The largest absolute Gasteiger partial charge is 0.492 e. The molecule has 102 valence electrons. The van der Waals surface area contributed by atoms with E-state index in [4.69, 9.17) is 4.74 Å². The fraction of sp³-hybridized carbons (Fsp3) is 0.533. The highest BCUT2D eigenvalue weighted by atomic mass is 16.5. The molecule has 0 radical (unpaired) electrons. The number of anilines is 2. The number of benzene rings is 1. The van der Waals surface area contributed by atoms with Crippen LogP contribution in [0.15, 0.2) is 18.2 Å². The van der Waals surface area contributed by atoms with Crippen molar-refractivity contribution < 1.29 is 9.53 Å². The molecule has 2 aliphatic rings. The Morgan fingerprint density at radius 1 is 1.37 bits per heavy atom. The van der Waals surface area contributed by atoms with E-state index in [0.717, 1.165) is 42.9 Å². The van der Waals surface area contributed by atoms with Gasteiger partial charge in [-0.05, 0) is 31.9 Å². The lowest BCUT2D eigenvalue weighted by Crippen LogP contribution is -2.47. The van der Waals surface area contributed by atoms with Gasteiger partial charge in [0.25, 0.3) is 0 Å². The van der Waals surface area contributed by atoms with Crippen LogP contribution in [0.5, 0.6) is 5.75 Å². The molecule has 1 aromatic carbocycles. The van der Waals surface area contributed by atoms with E-state index in [1.807, 2.05) is 19.1 Å². The van der Waals surface area contributed by atoms with Gasteiger partial charge in [-0.1, -0.05) is 18.9 Å². The van der Waals surface area contributed by atoms with Crippen LogP contribution in [0, 0.1) is 0 Å². The lowest BCUT2D eigenvalue weighted by Gasteiger charge is -2.37. The summed E-state index contributed by atoms with van der Waals surface area (Å²) in [6, 6.07) is 5.99. The Hall–Kier alpha value is -1.71. The number of rotatable bonds is 2. The molecule has 1 N–H and O–H groups in total. The summed E-state index contributed by atoms with van der Waals surface area (Å²) < 4.78 is 5.62. The van der Waals surface area contributed by atoms with Gasteiger partial charge in [0.15, 0.2) is 0 Å². The number of hydrogen-bond acceptors (Lipinski definition) is 3. The van der Waals surface area contributed by atoms with Crippen molar-refractivity contribution in [1.29, 1.82) is 0 Å². The number of nitrogens with zero attached hydrogens (tertiary/aromatic N) is 1. The van der Waals surface area contributed by atoms with Gasteiger partial charge in [-0.15, -0.1) is 0 Å². The minimum Gasteiger partial charge on any atom is -0.492 e. The Morgan fingerprint density at radius 3 is 3.11 bits per heavy atom. The van der Waals surface area contributed by atoms with Crippen LogP contribution in [0.1, 0.15) is 32.6 Å². The fourth-order valence-electron chi connectivity index (χ4n) is 3.04. The van der Waals surface area contributed by atoms with Crippen LogP contribution in [0.25, 0.3) is 0 Å². The Kier molecular flexibility index (Phi) is 3.32. The molecule has 2 aliphatic heterocycles. The number of amides is 1. The molecule has 0 aliphatic carbocycles. The van der Waals surface area contributed by atoms with E-state index in [1.165, 1.54) is 6.42 Å². The first-order chi connectivity index (χ1) is 9.31. The number of fused-ring (bicyclic) bond motifs is 3. The smallest absolute Gasteiger partial charge is 0.247 e. The fourth-order valence-corrected chi connectivity index (χ4v) is 3.04. The molecule has 4 nitrogen and oxygen atoms in total. The van der Waals surface area contributed by atoms with Gasteiger partial charge in [-0.3, -0.25) is 4.79 Å². The number of carbonyl (C=O) groups excluding carboxylic acids is 1. The second kappa shape index (κ2) is 5.11. The molecule has 1 amide bonds. The monoisotopic (exact) mass is 260 g/mol.